The molecule has 24 heavy (non-hydrogen) atoms. The van der Waals surface area contributed by atoms with Gasteiger partial charge in [0.05, 0.1) is 11.3 Å². The van der Waals surface area contributed by atoms with Gasteiger partial charge in [0.15, 0.2) is 0 Å². The molecular weight excluding hydrogens is 362 g/mol. The summed E-state index contributed by atoms with van der Waals surface area (Å²) in [5.41, 5.74) is 4.49. The summed E-state index contributed by atoms with van der Waals surface area (Å²) in [4.78, 5) is 14.9. The Morgan fingerprint density at radius 1 is 0.833 bits per heavy atom. The van der Waals surface area contributed by atoms with Gasteiger partial charge in [0.25, 0.3) is 5.91 Å². The Hall–Kier alpha value is -2.65. The van der Waals surface area contributed by atoms with E-state index in [1.807, 2.05) is 84.9 Å². The average molecular weight is 376 g/mol. The molecule has 0 saturated heterocycles. The van der Waals surface area contributed by atoms with Crippen LogP contribution >= 0.6 is 15.9 Å². The number of carbonyl (C=O) groups excluding carboxylic acids is 1. The monoisotopic (exact) mass is 375 g/mol. The Kier molecular flexibility index (Phi) is 3.79. The quantitative estimate of drug-likeness (QED) is 0.528. The van der Waals surface area contributed by atoms with Crippen molar-refractivity contribution >= 4 is 44.9 Å². The maximum atomic E-state index is 13.1. The van der Waals surface area contributed by atoms with E-state index in [0.29, 0.717) is 5.57 Å². The van der Waals surface area contributed by atoms with Crippen molar-refractivity contribution in [3.63, 3.8) is 0 Å². The van der Waals surface area contributed by atoms with E-state index in [-0.39, 0.29) is 5.91 Å². The van der Waals surface area contributed by atoms with Crippen LogP contribution in [-0.2, 0) is 4.79 Å². The van der Waals surface area contributed by atoms with Crippen LogP contribution in [0.25, 0.3) is 11.6 Å². The lowest BCUT2D eigenvalue weighted by atomic mass is 10.0. The van der Waals surface area contributed by atoms with Gasteiger partial charge >= 0.3 is 0 Å². The summed E-state index contributed by atoms with van der Waals surface area (Å²) >= 11 is 3.48. The number of para-hydroxylation sites is 2. The van der Waals surface area contributed by atoms with Gasteiger partial charge < -0.3 is 0 Å². The Labute approximate surface area is 149 Å². The highest BCUT2D eigenvalue weighted by molar-refractivity contribution is 9.10. The molecule has 2 nitrogen and oxygen atoms in total. The minimum Gasteiger partial charge on any atom is -0.276 e. The summed E-state index contributed by atoms with van der Waals surface area (Å²) in [5, 5.41) is 0. The molecule has 1 amide bonds. The summed E-state index contributed by atoms with van der Waals surface area (Å²) in [7, 11) is 0. The molecule has 0 N–H and O–H groups in total. The SMILES string of the molecule is O=C1/C(=C/c2cccc(Br)c2)c2ccccc2N1c1ccccc1. The third-order valence-electron chi connectivity index (χ3n) is 4.04. The maximum Gasteiger partial charge on any atom is 0.263 e. The van der Waals surface area contributed by atoms with Gasteiger partial charge in [-0.05, 0) is 42.0 Å². The molecule has 3 aromatic carbocycles. The van der Waals surface area contributed by atoms with Crippen LogP contribution in [0.15, 0.2) is 83.3 Å². The van der Waals surface area contributed by atoms with Crippen molar-refractivity contribution in [2.24, 2.45) is 0 Å². The van der Waals surface area contributed by atoms with Gasteiger partial charge in [-0.3, -0.25) is 9.69 Å². The van der Waals surface area contributed by atoms with Crippen LogP contribution in [0, 0.1) is 0 Å². The summed E-state index contributed by atoms with van der Waals surface area (Å²) in [6.45, 7) is 0. The van der Waals surface area contributed by atoms with Crippen molar-refractivity contribution in [3.05, 3.63) is 94.5 Å². The number of amides is 1. The van der Waals surface area contributed by atoms with Crippen molar-refractivity contribution < 1.29 is 4.79 Å². The highest BCUT2D eigenvalue weighted by atomic mass is 79.9. The van der Waals surface area contributed by atoms with Gasteiger partial charge in [-0.2, -0.15) is 0 Å². The van der Waals surface area contributed by atoms with E-state index >= 15 is 0 Å². The first-order valence-corrected chi connectivity index (χ1v) is 8.49. The Morgan fingerprint density at radius 3 is 2.38 bits per heavy atom. The maximum absolute atomic E-state index is 13.1. The first-order valence-electron chi connectivity index (χ1n) is 7.70. The molecule has 0 unspecified atom stereocenters. The molecule has 1 aliphatic rings. The van der Waals surface area contributed by atoms with Crippen LogP contribution in [0.5, 0.6) is 0 Å². The van der Waals surface area contributed by atoms with Gasteiger partial charge in [0.2, 0.25) is 0 Å². The standard InChI is InChI=1S/C21H14BrNO/c22-16-8-6-7-15(13-16)14-19-18-11-4-5-12-20(18)23(21(19)24)17-9-2-1-3-10-17/h1-14H/b19-14+. The molecule has 0 saturated carbocycles. The van der Waals surface area contributed by atoms with Crippen molar-refractivity contribution in [2.45, 2.75) is 0 Å². The largest absolute Gasteiger partial charge is 0.276 e. The van der Waals surface area contributed by atoms with Crippen LogP contribution in [0.2, 0.25) is 0 Å². The van der Waals surface area contributed by atoms with E-state index in [1.165, 1.54) is 0 Å². The summed E-state index contributed by atoms with van der Waals surface area (Å²) < 4.78 is 0.996. The Morgan fingerprint density at radius 2 is 1.58 bits per heavy atom. The third kappa shape index (κ3) is 2.57. The lowest BCUT2D eigenvalue weighted by molar-refractivity contribution is -0.112. The highest BCUT2D eigenvalue weighted by Crippen LogP contribution is 2.41. The predicted octanol–water partition coefficient (Wildman–Crippen LogP) is 5.67. The van der Waals surface area contributed by atoms with Gasteiger partial charge in [0.1, 0.15) is 0 Å². The molecule has 116 valence electrons. The number of halogens is 1. The van der Waals surface area contributed by atoms with E-state index in [2.05, 4.69) is 15.9 Å². The second-order valence-electron chi connectivity index (χ2n) is 5.61. The molecule has 0 atom stereocenters. The van der Waals surface area contributed by atoms with Crippen LogP contribution in [0.4, 0.5) is 11.4 Å². The normalized spacial score (nSPS) is 15.0. The molecule has 1 heterocycles. The fraction of sp³-hybridized carbons (Fsp3) is 0. The lowest BCUT2D eigenvalue weighted by Crippen LogP contribution is -2.20. The molecule has 0 spiro atoms. The molecule has 0 radical (unpaired) electrons. The minimum atomic E-state index is 0.00220. The molecule has 0 aliphatic carbocycles. The van der Waals surface area contributed by atoms with E-state index in [0.717, 1.165) is 27.0 Å². The number of hydrogen-bond donors (Lipinski definition) is 0. The first-order chi connectivity index (χ1) is 11.7. The molecule has 1 aliphatic heterocycles. The topological polar surface area (TPSA) is 20.3 Å². The van der Waals surface area contributed by atoms with Crippen molar-refractivity contribution in [2.75, 3.05) is 4.90 Å². The Bertz CT molecular complexity index is 947. The molecule has 0 bridgehead atoms. The number of benzene rings is 3. The minimum absolute atomic E-state index is 0.00220. The zero-order chi connectivity index (χ0) is 16.5. The fourth-order valence-corrected chi connectivity index (χ4v) is 3.39. The van der Waals surface area contributed by atoms with Crippen LogP contribution in [-0.4, -0.2) is 5.91 Å². The second-order valence-corrected chi connectivity index (χ2v) is 6.52. The highest BCUT2D eigenvalue weighted by Gasteiger charge is 2.32. The van der Waals surface area contributed by atoms with Crippen LogP contribution in [0.1, 0.15) is 11.1 Å². The predicted molar refractivity (Wildman–Crippen MR) is 102 cm³/mol. The van der Waals surface area contributed by atoms with Gasteiger partial charge in [0, 0.05) is 15.7 Å². The zero-order valence-electron chi connectivity index (χ0n) is 12.8. The zero-order valence-corrected chi connectivity index (χ0v) is 14.4. The average Bonchev–Trinajstić information content (AvgIpc) is 2.88. The van der Waals surface area contributed by atoms with Gasteiger partial charge in [-0.1, -0.05) is 64.5 Å². The van der Waals surface area contributed by atoms with Gasteiger partial charge in [-0.15, -0.1) is 0 Å². The van der Waals surface area contributed by atoms with E-state index in [1.54, 1.807) is 4.90 Å². The second kappa shape index (κ2) is 6.10. The van der Waals surface area contributed by atoms with Crippen molar-refractivity contribution in [3.8, 4) is 0 Å². The first kappa shape index (κ1) is 14.9. The molecule has 0 aromatic heterocycles. The van der Waals surface area contributed by atoms with E-state index < -0.39 is 0 Å². The van der Waals surface area contributed by atoms with Gasteiger partial charge in [-0.25, -0.2) is 0 Å². The molecule has 4 rings (SSSR count). The number of hydrogen-bond acceptors (Lipinski definition) is 1. The summed E-state index contributed by atoms with van der Waals surface area (Å²) in [5.74, 6) is 0.00220. The molecule has 3 aromatic rings. The van der Waals surface area contributed by atoms with E-state index in [4.69, 9.17) is 0 Å². The molecule has 3 heteroatoms. The van der Waals surface area contributed by atoms with Crippen LogP contribution < -0.4 is 4.90 Å². The number of fused-ring (bicyclic) bond motifs is 1. The lowest BCUT2D eigenvalue weighted by Gasteiger charge is -2.16. The molecular formula is C21H14BrNO. The third-order valence-corrected chi connectivity index (χ3v) is 4.54. The van der Waals surface area contributed by atoms with Crippen molar-refractivity contribution in [1.82, 2.24) is 0 Å². The molecule has 0 fully saturated rings. The summed E-state index contributed by atoms with van der Waals surface area (Å²) in [6, 6.07) is 25.6. The number of carbonyl (C=O) groups is 1. The fourth-order valence-electron chi connectivity index (χ4n) is 2.98. The van der Waals surface area contributed by atoms with Crippen LogP contribution in [0.3, 0.4) is 0 Å². The van der Waals surface area contributed by atoms with Crippen molar-refractivity contribution in [1.29, 1.82) is 0 Å². The smallest absolute Gasteiger partial charge is 0.263 e. The number of nitrogens with zero attached hydrogens (tertiary/aromatic N) is 1. The number of anilines is 2. The number of rotatable bonds is 2. The summed E-state index contributed by atoms with van der Waals surface area (Å²) in [6.07, 6.45) is 1.95. The Balaban J connectivity index is 1.87. The van der Waals surface area contributed by atoms with E-state index in [9.17, 15) is 4.79 Å².